The molecular weight excluding hydrogens is 282 g/mol. The van der Waals surface area contributed by atoms with Gasteiger partial charge in [-0.1, -0.05) is 19.4 Å². The molecule has 0 aromatic heterocycles. The van der Waals surface area contributed by atoms with Gasteiger partial charge in [0, 0.05) is 0 Å². The topological polar surface area (TPSA) is 112 Å². The van der Waals surface area contributed by atoms with E-state index in [9.17, 15) is 0 Å². The van der Waals surface area contributed by atoms with Crippen LogP contribution in [0.25, 0.3) is 0 Å². The van der Waals surface area contributed by atoms with E-state index >= 15 is 0 Å². The van der Waals surface area contributed by atoms with E-state index in [4.69, 9.17) is 29.7 Å². The number of hydrogen-bond acceptors (Lipinski definition) is 3. The summed E-state index contributed by atoms with van der Waals surface area (Å²) in [5.41, 5.74) is 0. The van der Waals surface area contributed by atoms with Gasteiger partial charge in [0.1, 0.15) is 0 Å². The number of hydrogen-bond donors (Lipinski definition) is 3. The molecule has 10 heavy (non-hydrogen) atoms. The molecule has 0 aliphatic rings. The molecular formula is C3H3O6Sm. The van der Waals surface area contributed by atoms with Gasteiger partial charge in [0.15, 0.2) is 0 Å². The molecule has 6 nitrogen and oxygen atoms in total. The second-order valence-corrected chi connectivity index (χ2v) is 0.274. The van der Waals surface area contributed by atoms with Gasteiger partial charge in [-0.2, -0.15) is 0 Å². The Kier molecular flexibility index (Phi) is 157. The average Bonchev–Trinajstić information content (AvgIpc) is 1.70. The summed E-state index contributed by atoms with van der Waals surface area (Å²) in [5.74, 6) is 0. The monoisotopic (exact) mass is 287 g/mol. The molecule has 7 heteroatoms. The first-order valence-corrected chi connectivity index (χ1v) is 1.28. The standard InChI is InChI=1S/3CHO2.Sm/c3*2-1-3;/h3*(H,2,3);/q3*-1;+3. The van der Waals surface area contributed by atoms with E-state index in [0.29, 0.717) is 19.4 Å². The third-order valence-electron chi connectivity index (χ3n) is 0. The van der Waals surface area contributed by atoms with Crippen molar-refractivity contribution in [2.45, 2.75) is 0 Å². The van der Waals surface area contributed by atoms with Gasteiger partial charge in [-0.05, 0) is 0 Å². The second kappa shape index (κ2) is 69.6. The molecule has 3 N–H and O–H groups in total. The van der Waals surface area contributed by atoms with E-state index in [2.05, 4.69) is 0 Å². The van der Waals surface area contributed by atoms with Crippen molar-refractivity contribution in [3.05, 3.63) is 0 Å². The summed E-state index contributed by atoms with van der Waals surface area (Å²) in [6.45, 7) is 1.50. The van der Waals surface area contributed by atoms with Gasteiger partial charge in [0.05, 0.1) is 0 Å². The van der Waals surface area contributed by atoms with Crippen molar-refractivity contribution in [3.63, 3.8) is 0 Å². The maximum absolute atomic E-state index is 8.24. The summed E-state index contributed by atoms with van der Waals surface area (Å²) in [6, 6.07) is 0. The molecule has 0 fully saturated rings. The van der Waals surface area contributed by atoms with Crippen LogP contribution in [-0.4, -0.2) is 34.7 Å². The quantitative estimate of drug-likeness (QED) is 0.484. The Balaban J connectivity index is -0.0000000257. The van der Waals surface area contributed by atoms with Gasteiger partial charge in [-0.25, -0.2) is 0 Å². The Morgan fingerprint density at radius 3 is 0.700 bits per heavy atom. The third kappa shape index (κ3) is 5540. The molecule has 57 valence electrons. The average molecular weight is 285 g/mol. The molecule has 0 rings (SSSR count). The molecule has 0 atom stereocenters. The first-order valence-electron chi connectivity index (χ1n) is 1.28. The third-order valence-corrected chi connectivity index (χ3v) is 0. The van der Waals surface area contributed by atoms with Crippen LogP contribution in [0, 0.1) is 40.4 Å². The molecule has 0 spiro atoms. The van der Waals surface area contributed by atoms with E-state index in [1.807, 2.05) is 0 Å². The Morgan fingerprint density at radius 1 is 0.700 bits per heavy atom. The van der Waals surface area contributed by atoms with Crippen LogP contribution >= 0.6 is 0 Å². The van der Waals surface area contributed by atoms with Crippen molar-refractivity contribution in [2.24, 2.45) is 0 Å². The van der Waals surface area contributed by atoms with Gasteiger partial charge in [-0.3, -0.25) is 0 Å². The zero-order valence-corrected chi connectivity index (χ0v) is 7.09. The van der Waals surface area contributed by atoms with Crippen LogP contribution in [0.3, 0.4) is 0 Å². The van der Waals surface area contributed by atoms with E-state index in [0.717, 1.165) is 0 Å². The molecule has 0 aliphatic heterocycles. The van der Waals surface area contributed by atoms with Gasteiger partial charge in [0.25, 0.3) is 0 Å². The first kappa shape index (κ1) is 22.6. The fourth-order valence-corrected chi connectivity index (χ4v) is 0. The van der Waals surface area contributed by atoms with Crippen LogP contribution < -0.4 is 0 Å². The Hall–Kier alpha value is -0.252. The summed E-state index contributed by atoms with van der Waals surface area (Å²) in [4.78, 5) is 24.7. The molecule has 0 heterocycles. The van der Waals surface area contributed by atoms with E-state index < -0.39 is 0 Å². The molecule has 1 radical (unpaired) electrons. The Morgan fingerprint density at radius 2 is 0.700 bits per heavy atom. The van der Waals surface area contributed by atoms with Crippen LogP contribution in [0.2, 0.25) is 0 Å². The normalized spacial score (nSPS) is 3.60. The predicted molar refractivity (Wildman–Crippen MR) is 25.0 cm³/mol. The first-order chi connectivity index (χ1) is 4.24. The van der Waals surface area contributed by atoms with Crippen LogP contribution in [-0.2, 0) is 14.4 Å². The van der Waals surface area contributed by atoms with Crippen LogP contribution in [0.1, 0.15) is 0 Å². The van der Waals surface area contributed by atoms with Crippen LogP contribution in [0.4, 0.5) is 0 Å². The molecule has 0 aromatic carbocycles. The summed E-state index contributed by atoms with van der Waals surface area (Å²) >= 11 is 0. The van der Waals surface area contributed by atoms with Crippen LogP contribution in [0.5, 0.6) is 0 Å². The summed E-state index contributed by atoms with van der Waals surface area (Å²) in [6.07, 6.45) is 0. The summed E-state index contributed by atoms with van der Waals surface area (Å²) in [5, 5.41) is 20.3. The van der Waals surface area contributed by atoms with Crippen molar-refractivity contribution < 1.29 is 70.1 Å². The second-order valence-electron chi connectivity index (χ2n) is 0.274. The fourth-order valence-electron chi connectivity index (χ4n) is 0. The SMILES string of the molecule is O=[C-]O.O=[C-]O.O=[C-]O.[Sm+3]. The molecule has 0 unspecified atom stereocenters. The zero-order valence-electron chi connectivity index (χ0n) is 4.47. The zero-order chi connectivity index (χ0) is 8.12. The molecule has 0 saturated carbocycles. The van der Waals surface area contributed by atoms with Gasteiger partial charge in [0.2, 0.25) is 0 Å². The van der Waals surface area contributed by atoms with E-state index in [-0.39, 0.29) is 40.4 Å². The van der Waals surface area contributed by atoms with Crippen LogP contribution in [0.15, 0.2) is 0 Å². The van der Waals surface area contributed by atoms with Crippen molar-refractivity contribution >= 4 is 19.4 Å². The van der Waals surface area contributed by atoms with Gasteiger partial charge in [-0.15, -0.1) is 0 Å². The summed E-state index contributed by atoms with van der Waals surface area (Å²) in [7, 11) is 0. The molecule has 0 aliphatic carbocycles. The Bertz CT molecular complexity index is 49.7. The maximum Gasteiger partial charge on any atom is 3.00 e. The minimum Gasteiger partial charge on any atom is -0.665 e. The molecule has 0 amide bonds. The van der Waals surface area contributed by atoms with Crippen molar-refractivity contribution in [2.75, 3.05) is 0 Å². The Labute approximate surface area is 89.0 Å². The van der Waals surface area contributed by atoms with E-state index in [1.165, 1.54) is 0 Å². The predicted octanol–water partition coefficient (Wildman–Crippen LogP) is -1.17. The number of aliphatic hydroxyl groups excluding tert-OH is 3. The molecule has 0 bridgehead atoms. The van der Waals surface area contributed by atoms with Crippen molar-refractivity contribution in [1.82, 2.24) is 0 Å². The largest absolute Gasteiger partial charge is 3.00 e. The fraction of sp³-hybridized carbons (Fsp3) is 0. The van der Waals surface area contributed by atoms with E-state index in [1.54, 1.807) is 0 Å². The molecule has 0 aromatic rings. The van der Waals surface area contributed by atoms with Crippen molar-refractivity contribution in [1.29, 1.82) is 0 Å². The minimum absolute atomic E-state index is 0. The summed E-state index contributed by atoms with van der Waals surface area (Å²) < 4.78 is 0. The molecule has 0 saturated heterocycles. The van der Waals surface area contributed by atoms with Gasteiger partial charge < -0.3 is 29.7 Å². The number of rotatable bonds is 0. The van der Waals surface area contributed by atoms with Gasteiger partial charge >= 0.3 is 40.4 Å². The smallest absolute Gasteiger partial charge is 0.665 e. The minimum atomic E-state index is 0. The van der Waals surface area contributed by atoms with Crippen molar-refractivity contribution in [3.8, 4) is 0 Å². The maximum atomic E-state index is 8.24.